The van der Waals surface area contributed by atoms with E-state index >= 15 is 0 Å². The zero-order chi connectivity index (χ0) is 32.1. The molecule has 0 unspecified atom stereocenters. The number of hydrogen-bond donors (Lipinski definition) is 0. The first-order chi connectivity index (χ1) is 20.9. The lowest BCUT2D eigenvalue weighted by Crippen LogP contribution is -2.60. The molecular formula is C31H33ClN2O9S. The summed E-state index contributed by atoms with van der Waals surface area (Å²) in [6.45, 7) is 4.32. The molecule has 0 saturated carbocycles. The van der Waals surface area contributed by atoms with Crippen LogP contribution in [0.25, 0.3) is 11.1 Å². The minimum absolute atomic E-state index is 0.110. The molecule has 2 aliphatic rings. The second-order valence-corrected chi connectivity index (χ2v) is 11.4. The van der Waals surface area contributed by atoms with Crippen LogP contribution in [0.15, 0.2) is 24.3 Å². The van der Waals surface area contributed by atoms with Gasteiger partial charge < -0.3 is 28.3 Å². The van der Waals surface area contributed by atoms with Crippen LogP contribution < -0.4 is 0 Å². The summed E-state index contributed by atoms with van der Waals surface area (Å²) >= 11 is 12.1. The lowest BCUT2D eigenvalue weighted by Gasteiger charge is -2.45. The highest BCUT2D eigenvalue weighted by Crippen LogP contribution is 2.41. The van der Waals surface area contributed by atoms with Crippen molar-refractivity contribution >= 4 is 47.7 Å². The van der Waals surface area contributed by atoms with Crippen molar-refractivity contribution in [3.8, 4) is 17.2 Å². The van der Waals surface area contributed by atoms with Gasteiger partial charge in [-0.1, -0.05) is 42.4 Å². The van der Waals surface area contributed by atoms with Crippen molar-refractivity contribution in [2.75, 3.05) is 6.61 Å². The van der Waals surface area contributed by atoms with E-state index in [9.17, 15) is 24.4 Å². The van der Waals surface area contributed by atoms with Crippen molar-refractivity contribution in [3.05, 3.63) is 50.7 Å². The number of benzene rings is 1. The van der Waals surface area contributed by atoms with Crippen molar-refractivity contribution in [2.45, 2.75) is 90.4 Å². The van der Waals surface area contributed by atoms with Crippen LogP contribution in [0.5, 0.6) is 0 Å². The predicted molar refractivity (Wildman–Crippen MR) is 159 cm³/mol. The van der Waals surface area contributed by atoms with E-state index < -0.39 is 54.5 Å². The van der Waals surface area contributed by atoms with Gasteiger partial charge in [-0.15, -0.1) is 0 Å². The van der Waals surface area contributed by atoms with E-state index in [0.29, 0.717) is 23.4 Å². The molecular weight excluding hydrogens is 612 g/mol. The van der Waals surface area contributed by atoms with Crippen LogP contribution in [0, 0.1) is 16.0 Å². The summed E-state index contributed by atoms with van der Waals surface area (Å²) in [5, 5.41) is 11.0. The van der Waals surface area contributed by atoms with Crippen molar-refractivity contribution < 1.29 is 42.9 Å². The maximum atomic E-state index is 12.5. The molecule has 0 amide bonds. The average Bonchev–Trinajstić information content (AvgIpc) is 3.19. The molecule has 2 aromatic rings. The zero-order valence-electron chi connectivity index (χ0n) is 24.8. The van der Waals surface area contributed by atoms with Crippen molar-refractivity contribution in [1.29, 1.82) is 5.26 Å². The Balaban J connectivity index is 2.01. The molecule has 44 heavy (non-hydrogen) atoms. The van der Waals surface area contributed by atoms with Crippen LogP contribution in [-0.2, 0) is 55.7 Å². The molecule has 1 aliphatic heterocycles. The maximum absolute atomic E-state index is 12.5. The number of esters is 4. The van der Waals surface area contributed by atoms with E-state index in [2.05, 4.69) is 6.07 Å². The average molecular weight is 645 g/mol. The molecule has 0 radical (unpaired) electrons. The first-order valence-corrected chi connectivity index (χ1v) is 15.0. The number of aromatic nitrogens is 1. The molecule has 11 nitrogen and oxygen atoms in total. The summed E-state index contributed by atoms with van der Waals surface area (Å²) < 4.78 is 30.3. The molecule has 1 aromatic heterocycles. The summed E-state index contributed by atoms with van der Waals surface area (Å²) in [4.78, 5) is 48.8. The Bertz CT molecular complexity index is 1550. The monoisotopic (exact) mass is 644 g/mol. The van der Waals surface area contributed by atoms with Crippen LogP contribution >= 0.6 is 23.8 Å². The maximum Gasteiger partial charge on any atom is 0.303 e. The smallest absolute Gasteiger partial charge is 0.303 e. The summed E-state index contributed by atoms with van der Waals surface area (Å²) in [6.07, 6.45) is -2.69. The van der Waals surface area contributed by atoms with Crippen LogP contribution in [0.3, 0.4) is 0 Å². The highest BCUT2D eigenvalue weighted by molar-refractivity contribution is 7.71. The fourth-order valence-corrected chi connectivity index (χ4v) is 6.31. The molecule has 1 aliphatic carbocycles. The lowest BCUT2D eigenvalue weighted by molar-refractivity contribution is -0.269. The van der Waals surface area contributed by atoms with Gasteiger partial charge in [-0.05, 0) is 48.9 Å². The lowest BCUT2D eigenvalue weighted by atomic mass is 9.91. The molecule has 4 rings (SSSR count). The molecule has 0 bridgehead atoms. The number of nitrogens with zero attached hydrogens (tertiary/aromatic N) is 2. The van der Waals surface area contributed by atoms with E-state index in [0.717, 1.165) is 49.9 Å². The molecule has 1 saturated heterocycles. The fourth-order valence-electron chi connectivity index (χ4n) is 5.82. The predicted octanol–water partition coefficient (Wildman–Crippen LogP) is 4.93. The number of nitriles is 1. The highest BCUT2D eigenvalue weighted by Gasteiger charge is 2.53. The third-order valence-corrected chi connectivity index (χ3v) is 8.08. The molecule has 1 aromatic carbocycles. The van der Waals surface area contributed by atoms with Gasteiger partial charge in [-0.25, -0.2) is 0 Å². The first kappa shape index (κ1) is 33.1. The van der Waals surface area contributed by atoms with Gasteiger partial charge in [-0.2, -0.15) is 5.26 Å². The Labute approximate surface area is 264 Å². The van der Waals surface area contributed by atoms with Gasteiger partial charge in [0.15, 0.2) is 24.5 Å². The van der Waals surface area contributed by atoms with Gasteiger partial charge in [0.2, 0.25) is 0 Å². The van der Waals surface area contributed by atoms with E-state index in [1.807, 2.05) is 12.1 Å². The van der Waals surface area contributed by atoms with Gasteiger partial charge in [0.05, 0.1) is 5.56 Å². The molecule has 0 spiro atoms. The van der Waals surface area contributed by atoms with Gasteiger partial charge in [0.1, 0.15) is 23.4 Å². The third kappa shape index (κ3) is 7.29. The van der Waals surface area contributed by atoms with Gasteiger partial charge in [-0.3, -0.25) is 19.2 Å². The number of hydrogen-bond acceptors (Lipinski definition) is 11. The van der Waals surface area contributed by atoms with Crippen LogP contribution in [0.4, 0.5) is 0 Å². The summed E-state index contributed by atoms with van der Waals surface area (Å²) in [5.41, 5.74) is 3.30. The van der Waals surface area contributed by atoms with E-state index in [4.69, 9.17) is 47.5 Å². The Morgan fingerprint density at radius 3 is 2.09 bits per heavy atom. The quantitative estimate of drug-likeness (QED) is 0.175. The fraction of sp³-hybridized carbons (Fsp3) is 0.484. The van der Waals surface area contributed by atoms with E-state index in [1.54, 1.807) is 16.7 Å². The van der Waals surface area contributed by atoms with Crippen molar-refractivity contribution in [3.63, 3.8) is 0 Å². The number of ether oxygens (including phenoxy) is 5. The minimum atomic E-state index is -1.37. The van der Waals surface area contributed by atoms with Gasteiger partial charge >= 0.3 is 23.9 Å². The second kappa shape index (κ2) is 14.3. The number of pyridine rings is 1. The van der Waals surface area contributed by atoms with Gasteiger partial charge in [0.25, 0.3) is 0 Å². The van der Waals surface area contributed by atoms with Crippen LogP contribution in [0.1, 0.15) is 70.0 Å². The summed E-state index contributed by atoms with van der Waals surface area (Å²) in [7, 11) is 0. The Morgan fingerprint density at radius 1 is 0.909 bits per heavy atom. The second-order valence-electron chi connectivity index (χ2n) is 10.6. The third-order valence-electron chi connectivity index (χ3n) is 7.43. The molecule has 0 N–H and O–H groups in total. The van der Waals surface area contributed by atoms with Crippen LogP contribution in [-0.4, -0.2) is 59.5 Å². The molecule has 2 heterocycles. The molecule has 234 valence electrons. The van der Waals surface area contributed by atoms with E-state index in [1.165, 1.54) is 13.8 Å². The van der Waals surface area contributed by atoms with E-state index in [-0.39, 0.29) is 16.8 Å². The topological polar surface area (TPSA) is 143 Å². The number of fused-ring (bicyclic) bond motifs is 1. The molecule has 13 heteroatoms. The van der Waals surface area contributed by atoms with Crippen LogP contribution in [0.2, 0.25) is 5.02 Å². The normalized spacial score (nSPS) is 22.9. The highest BCUT2D eigenvalue weighted by atomic mass is 35.5. The number of halogens is 1. The Kier molecular flexibility index (Phi) is 10.8. The zero-order valence-corrected chi connectivity index (χ0v) is 26.4. The summed E-state index contributed by atoms with van der Waals surface area (Å²) in [6, 6.07) is 9.41. The minimum Gasteiger partial charge on any atom is -0.463 e. The first-order valence-electron chi connectivity index (χ1n) is 14.2. The summed E-state index contributed by atoms with van der Waals surface area (Å²) in [5.74, 6) is -2.82. The van der Waals surface area contributed by atoms with Crippen molar-refractivity contribution in [2.24, 2.45) is 0 Å². The molecule has 5 atom stereocenters. The standard InChI is InChI=1S/C31H33ClN2O9S/c1-16(35)39-15-25-27(40-17(2)36)28(41-18(3)37)29(42-19(4)38)30(43-25)34-24-9-7-5-6-8-22(24)26(23(14-33)31(34)44)20-10-12-21(32)13-11-20/h10-13,25,27-30H,5-9,15H2,1-4H3/t25-,27-,28+,29-,30-/m1/s1. The number of carbonyl (C=O) groups is 4. The Hall–Kier alpha value is -3.79. The van der Waals surface area contributed by atoms with Crippen molar-refractivity contribution in [1.82, 2.24) is 4.57 Å². The number of rotatable bonds is 7. The number of carbonyl (C=O) groups excluding carboxylic acids is 4. The largest absolute Gasteiger partial charge is 0.463 e. The SMILES string of the molecule is CC(=O)OC[C@H]1O[C@@H](n2c3c(c(-c4ccc(Cl)cc4)c(C#N)c2=S)CCCCC3)[C@H](OC(C)=O)[C@@H](OC(C)=O)[C@@H]1OC(C)=O. The van der Waals surface area contributed by atoms with Gasteiger partial charge in [0, 0.05) is 44.0 Å². The Morgan fingerprint density at radius 2 is 1.50 bits per heavy atom. The molecule has 1 fully saturated rings.